The van der Waals surface area contributed by atoms with Crippen LogP contribution < -0.4 is 15.4 Å². The molecule has 0 atom stereocenters. The normalized spacial score (nSPS) is 15.7. The van der Waals surface area contributed by atoms with Crippen molar-refractivity contribution in [3.05, 3.63) is 47.2 Å². The maximum absolute atomic E-state index is 12.0. The summed E-state index contributed by atoms with van der Waals surface area (Å²) in [5, 5.41) is 13.7. The molecule has 4 rings (SSSR count). The van der Waals surface area contributed by atoms with Crippen molar-refractivity contribution < 1.29 is 9.53 Å². The standard InChI is InChI=1S/C17H18N4O2/c22-17(19-15-7-6-14(20-21-15)11-4-5-11)18-10-13-3-1-2-12-8-9-23-16(12)13/h1-3,6-7,11H,4-5,8-10H2,(H2,18,19,21,22). The zero-order valence-corrected chi connectivity index (χ0v) is 12.7. The fraction of sp³-hybridized carbons (Fsp3) is 0.353. The molecule has 0 unspecified atom stereocenters. The predicted octanol–water partition coefficient (Wildman–Crippen LogP) is 2.61. The Balaban J connectivity index is 1.34. The largest absolute Gasteiger partial charge is 0.493 e. The van der Waals surface area contributed by atoms with Gasteiger partial charge in [-0.3, -0.25) is 5.32 Å². The molecule has 1 fully saturated rings. The Hall–Kier alpha value is -2.63. The van der Waals surface area contributed by atoms with Gasteiger partial charge in [0.15, 0.2) is 5.82 Å². The average molecular weight is 310 g/mol. The molecule has 1 saturated carbocycles. The van der Waals surface area contributed by atoms with Gasteiger partial charge in [0, 0.05) is 24.4 Å². The van der Waals surface area contributed by atoms with Crippen LogP contribution in [0.15, 0.2) is 30.3 Å². The zero-order chi connectivity index (χ0) is 15.6. The summed E-state index contributed by atoms with van der Waals surface area (Å²) in [6.45, 7) is 1.13. The Morgan fingerprint density at radius 1 is 1.22 bits per heavy atom. The highest BCUT2D eigenvalue weighted by molar-refractivity contribution is 5.88. The molecule has 0 bridgehead atoms. The summed E-state index contributed by atoms with van der Waals surface area (Å²) < 4.78 is 5.63. The molecule has 1 aliphatic heterocycles. The first-order valence-electron chi connectivity index (χ1n) is 7.91. The Kier molecular flexibility index (Phi) is 3.57. The van der Waals surface area contributed by atoms with Crippen molar-refractivity contribution in [1.29, 1.82) is 0 Å². The van der Waals surface area contributed by atoms with Gasteiger partial charge >= 0.3 is 6.03 Å². The molecule has 2 N–H and O–H groups in total. The van der Waals surface area contributed by atoms with Crippen molar-refractivity contribution in [3.8, 4) is 5.75 Å². The summed E-state index contributed by atoms with van der Waals surface area (Å²) in [5.41, 5.74) is 3.20. The van der Waals surface area contributed by atoms with E-state index in [0.29, 0.717) is 24.9 Å². The SMILES string of the molecule is O=C(NCc1cccc2c1OCC2)Nc1ccc(C2CC2)nn1. The molecule has 118 valence electrons. The molecule has 6 heteroatoms. The van der Waals surface area contributed by atoms with E-state index >= 15 is 0 Å². The Morgan fingerprint density at radius 2 is 2.13 bits per heavy atom. The Bertz CT molecular complexity index is 726. The molecule has 0 saturated heterocycles. The maximum Gasteiger partial charge on any atom is 0.320 e. The van der Waals surface area contributed by atoms with Crippen LogP contribution in [0, 0.1) is 0 Å². The minimum absolute atomic E-state index is 0.297. The summed E-state index contributed by atoms with van der Waals surface area (Å²) in [5.74, 6) is 1.92. The number of nitrogens with zero attached hydrogens (tertiary/aromatic N) is 2. The van der Waals surface area contributed by atoms with Crippen molar-refractivity contribution in [1.82, 2.24) is 15.5 Å². The number of ether oxygens (including phenoxy) is 1. The molecule has 6 nitrogen and oxygen atoms in total. The molecule has 2 aromatic rings. The smallest absolute Gasteiger partial charge is 0.320 e. The van der Waals surface area contributed by atoms with Gasteiger partial charge in [0.1, 0.15) is 5.75 Å². The van der Waals surface area contributed by atoms with Gasteiger partial charge in [0.05, 0.1) is 12.3 Å². The van der Waals surface area contributed by atoms with E-state index in [0.717, 1.165) is 23.4 Å². The monoisotopic (exact) mass is 310 g/mol. The third kappa shape index (κ3) is 3.11. The molecule has 2 heterocycles. The van der Waals surface area contributed by atoms with E-state index in [1.54, 1.807) is 6.07 Å². The van der Waals surface area contributed by atoms with E-state index in [2.05, 4.69) is 26.9 Å². The summed E-state index contributed by atoms with van der Waals surface area (Å²) in [7, 11) is 0. The molecule has 2 aliphatic rings. The van der Waals surface area contributed by atoms with Gasteiger partial charge in [0.25, 0.3) is 0 Å². The van der Waals surface area contributed by atoms with Crippen LogP contribution in [0.2, 0.25) is 0 Å². The minimum Gasteiger partial charge on any atom is -0.493 e. The van der Waals surface area contributed by atoms with Crippen LogP contribution in [0.4, 0.5) is 10.6 Å². The molecular formula is C17H18N4O2. The van der Waals surface area contributed by atoms with Gasteiger partial charge < -0.3 is 10.1 Å². The lowest BCUT2D eigenvalue weighted by Crippen LogP contribution is -2.28. The van der Waals surface area contributed by atoms with Gasteiger partial charge in [-0.1, -0.05) is 18.2 Å². The Morgan fingerprint density at radius 3 is 2.91 bits per heavy atom. The van der Waals surface area contributed by atoms with E-state index in [1.807, 2.05) is 18.2 Å². The molecule has 1 aromatic heterocycles. The number of urea groups is 1. The number of fused-ring (bicyclic) bond motifs is 1. The first-order valence-corrected chi connectivity index (χ1v) is 7.91. The average Bonchev–Trinajstić information content (AvgIpc) is 3.30. The number of anilines is 1. The summed E-state index contributed by atoms with van der Waals surface area (Å²) >= 11 is 0. The second-order valence-electron chi connectivity index (χ2n) is 5.93. The summed E-state index contributed by atoms with van der Waals surface area (Å²) in [6, 6.07) is 9.44. The predicted molar refractivity (Wildman–Crippen MR) is 85.5 cm³/mol. The van der Waals surface area contributed by atoms with Crippen molar-refractivity contribution in [2.24, 2.45) is 0 Å². The number of aromatic nitrogens is 2. The summed E-state index contributed by atoms with van der Waals surface area (Å²) in [6.07, 6.45) is 3.30. The van der Waals surface area contributed by atoms with Crippen molar-refractivity contribution in [2.45, 2.75) is 31.7 Å². The van der Waals surface area contributed by atoms with E-state index in [1.165, 1.54) is 18.4 Å². The third-order valence-corrected chi connectivity index (χ3v) is 4.16. The topological polar surface area (TPSA) is 76.1 Å². The van der Waals surface area contributed by atoms with Gasteiger partial charge in [-0.2, -0.15) is 5.10 Å². The van der Waals surface area contributed by atoms with Crippen LogP contribution in [0.3, 0.4) is 0 Å². The number of nitrogens with one attached hydrogen (secondary N) is 2. The minimum atomic E-state index is -0.297. The lowest BCUT2D eigenvalue weighted by atomic mass is 10.1. The van der Waals surface area contributed by atoms with Gasteiger partial charge in [-0.15, -0.1) is 5.10 Å². The van der Waals surface area contributed by atoms with Gasteiger partial charge in [-0.05, 0) is 30.5 Å². The van der Waals surface area contributed by atoms with E-state index < -0.39 is 0 Å². The van der Waals surface area contributed by atoms with Crippen molar-refractivity contribution >= 4 is 11.8 Å². The lowest BCUT2D eigenvalue weighted by Gasteiger charge is -2.10. The van der Waals surface area contributed by atoms with Crippen LogP contribution in [0.25, 0.3) is 0 Å². The van der Waals surface area contributed by atoms with Crippen LogP contribution in [-0.2, 0) is 13.0 Å². The lowest BCUT2D eigenvalue weighted by molar-refractivity contribution is 0.251. The number of hydrogen-bond acceptors (Lipinski definition) is 4. The molecule has 0 radical (unpaired) electrons. The number of amides is 2. The van der Waals surface area contributed by atoms with E-state index in [4.69, 9.17) is 4.74 Å². The number of carbonyl (C=O) groups is 1. The second-order valence-corrected chi connectivity index (χ2v) is 5.93. The zero-order valence-electron chi connectivity index (χ0n) is 12.7. The van der Waals surface area contributed by atoms with Crippen LogP contribution in [-0.4, -0.2) is 22.8 Å². The number of carbonyl (C=O) groups excluding carboxylic acids is 1. The van der Waals surface area contributed by atoms with Crippen LogP contribution in [0.1, 0.15) is 35.6 Å². The van der Waals surface area contributed by atoms with Crippen LogP contribution >= 0.6 is 0 Å². The van der Waals surface area contributed by atoms with Crippen molar-refractivity contribution in [3.63, 3.8) is 0 Å². The number of para-hydroxylation sites is 1. The molecular weight excluding hydrogens is 292 g/mol. The fourth-order valence-corrected chi connectivity index (χ4v) is 2.76. The highest BCUT2D eigenvalue weighted by atomic mass is 16.5. The molecule has 1 aromatic carbocycles. The number of rotatable bonds is 4. The van der Waals surface area contributed by atoms with Gasteiger partial charge in [0.2, 0.25) is 0 Å². The molecule has 2 amide bonds. The summed E-state index contributed by atoms with van der Waals surface area (Å²) in [4.78, 5) is 12.0. The first kappa shape index (κ1) is 14.0. The fourth-order valence-electron chi connectivity index (χ4n) is 2.76. The van der Waals surface area contributed by atoms with Crippen LogP contribution in [0.5, 0.6) is 5.75 Å². The third-order valence-electron chi connectivity index (χ3n) is 4.16. The van der Waals surface area contributed by atoms with E-state index in [9.17, 15) is 4.79 Å². The molecule has 1 aliphatic carbocycles. The van der Waals surface area contributed by atoms with Crippen molar-refractivity contribution in [2.75, 3.05) is 11.9 Å². The first-order chi connectivity index (χ1) is 11.3. The highest BCUT2D eigenvalue weighted by Gasteiger charge is 2.25. The Labute approximate surface area is 134 Å². The highest BCUT2D eigenvalue weighted by Crippen LogP contribution is 2.38. The maximum atomic E-state index is 12.0. The second kappa shape index (κ2) is 5.87. The molecule has 23 heavy (non-hydrogen) atoms. The van der Waals surface area contributed by atoms with Gasteiger partial charge in [-0.25, -0.2) is 4.79 Å². The number of hydrogen-bond donors (Lipinski definition) is 2. The quantitative estimate of drug-likeness (QED) is 0.910. The van der Waals surface area contributed by atoms with E-state index in [-0.39, 0.29) is 6.03 Å². The molecule has 0 spiro atoms. The number of benzene rings is 1.